The Morgan fingerprint density at radius 2 is 1.84 bits per heavy atom. The number of nitrogens with zero attached hydrogens (tertiary/aromatic N) is 4. The summed E-state index contributed by atoms with van der Waals surface area (Å²) in [4.78, 5) is 15.3. The zero-order valence-electron chi connectivity index (χ0n) is 16.2. The molecule has 152 valence electrons. The molecule has 0 saturated carbocycles. The topological polar surface area (TPSA) is 73.8 Å². The van der Waals surface area contributed by atoms with Crippen LogP contribution in [0.15, 0.2) is 65.3 Å². The Bertz CT molecular complexity index is 1460. The van der Waals surface area contributed by atoms with E-state index in [0.29, 0.717) is 23.2 Å². The lowest BCUT2D eigenvalue weighted by Gasteiger charge is -2.10. The molecule has 2 heterocycles. The van der Waals surface area contributed by atoms with Crippen LogP contribution in [0.4, 0.5) is 8.78 Å². The first kappa shape index (κ1) is 18.8. The van der Waals surface area contributed by atoms with Gasteiger partial charge in [0.25, 0.3) is 0 Å². The number of rotatable bonds is 4. The van der Waals surface area contributed by atoms with Crippen molar-refractivity contribution < 1.29 is 18.0 Å². The number of oxazole rings is 1. The van der Waals surface area contributed by atoms with Gasteiger partial charge in [-0.1, -0.05) is 18.2 Å². The average Bonchev–Trinajstić information content (AvgIpc) is 3.40. The van der Waals surface area contributed by atoms with Crippen LogP contribution in [0.3, 0.4) is 0 Å². The molecule has 0 saturated heterocycles. The highest BCUT2D eigenvalue weighted by Crippen LogP contribution is 2.34. The summed E-state index contributed by atoms with van der Waals surface area (Å²) in [5.74, 6) is -0.317. The van der Waals surface area contributed by atoms with Gasteiger partial charge in [0.2, 0.25) is 5.89 Å². The second kappa shape index (κ2) is 7.24. The summed E-state index contributed by atoms with van der Waals surface area (Å²) in [7, 11) is 1.78. The van der Waals surface area contributed by atoms with E-state index in [4.69, 9.17) is 4.42 Å². The summed E-state index contributed by atoms with van der Waals surface area (Å²) in [5, 5.41) is 7.97. The number of halogens is 2. The second-order valence-electron chi connectivity index (χ2n) is 7.02. The quantitative estimate of drug-likeness (QED) is 0.384. The molecule has 5 aromatic rings. The molecule has 0 N–H and O–H groups in total. The minimum atomic E-state index is -0.655. The maximum absolute atomic E-state index is 14.2. The van der Waals surface area contributed by atoms with Crippen molar-refractivity contribution in [1.29, 1.82) is 0 Å². The first-order chi connectivity index (χ1) is 15.0. The molecular formula is C23H14F2N4O2. The van der Waals surface area contributed by atoms with Gasteiger partial charge in [-0.05, 0) is 47.5 Å². The van der Waals surface area contributed by atoms with Gasteiger partial charge < -0.3 is 8.98 Å². The number of hydrogen-bond donors (Lipinski definition) is 0. The number of fused-ring (bicyclic) bond motifs is 1. The van der Waals surface area contributed by atoms with Gasteiger partial charge in [0.05, 0.1) is 0 Å². The highest BCUT2D eigenvalue weighted by atomic mass is 19.1. The average molecular weight is 416 g/mol. The molecule has 0 atom stereocenters. The Labute approximate surface area is 174 Å². The van der Waals surface area contributed by atoms with Crippen LogP contribution in [0.5, 0.6) is 0 Å². The van der Waals surface area contributed by atoms with Crippen molar-refractivity contribution in [3.05, 3.63) is 78.1 Å². The van der Waals surface area contributed by atoms with Gasteiger partial charge in [0, 0.05) is 23.7 Å². The normalized spacial score (nSPS) is 11.2. The summed E-state index contributed by atoms with van der Waals surface area (Å²) < 4.78 is 35.6. The van der Waals surface area contributed by atoms with Crippen molar-refractivity contribution in [2.24, 2.45) is 7.05 Å². The number of aromatic nitrogens is 4. The van der Waals surface area contributed by atoms with Crippen LogP contribution in [0.1, 0.15) is 10.4 Å². The predicted octanol–water partition coefficient (Wildman–Crippen LogP) is 5.05. The molecule has 0 aliphatic rings. The van der Waals surface area contributed by atoms with Crippen molar-refractivity contribution in [2.45, 2.75) is 0 Å². The summed E-state index contributed by atoms with van der Waals surface area (Å²) >= 11 is 0. The fourth-order valence-electron chi connectivity index (χ4n) is 3.50. The van der Waals surface area contributed by atoms with Crippen molar-refractivity contribution in [3.63, 3.8) is 0 Å². The first-order valence-corrected chi connectivity index (χ1v) is 9.33. The lowest BCUT2D eigenvalue weighted by molar-refractivity contribution is 0.112. The van der Waals surface area contributed by atoms with Crippen LogP contribution in [-0.2, 0) is 7.05 Å². The standard InChI is InChI=1S/C23H14F2N4O2/c1-29-12-26-28-22(29)18-10-16(24)5-6-17(18)14-3-2-4-15(9-14)23-27-20-8-13(11-30)7-19(25)21(20)31-23/h2-12H,1H3. The molecule has 0 spiro atoms. The van der Waals surface area contributed by atoms with Crippen LogP contribution in [0.25, 0.3) is 45.1 Å². The summed E-state index contributed by atoms with van der Waals surface area (Å²) in [5.41, 5.74) is 3.11. The van der Waals surface area contributed by atoms with Crippen molar-refractivity contribution in [1.82, 2.24) is 19.7 Å². The van der Waals surface area contributed by atoms with Gasteiger partial charge in [-0.2, -0.15) is 0 Å². The van der Waals surface area contributed by atoms with Gasteiger partial charge in [-0.3, -0.25) is 4.79 Å². The molecule has 0 amide bonds. The minimum absolute atomic E-state index is 0.0208. The zero-order chi connectivity index (χ0) is 21.5. The number of aldehydes is 1. The summed E-state index contributed by atoms with van der Waals surface area (Å²) in [6.07, 6.45) is 2.10. The second-order valence-corrected chi connectivity index (χ2v) is 7.02. The molecule has 3 aromatic carbocycles. The van der Waals surface area contributed by atoms with Gasteiger partial charge in [0.1, 0.15) is 23.9 Å². The van der Waals surface area contributed by atoms with E-state index in [-0.39, 0.29) is 22.6 Å². The molecule has 0 aliphatic heterocycles. The van der Waals surface area contributed by atoms with Crippen LogP contribution >= 0.6 is 0 Å². The van der Waals surface area contributed by atoms with Crippen molar-refractivity contribution in [2.75, 3.05) is 0 Å². The van der Waals surface area contributed by atoms with E-state index in [1.807, 2.05) is 12.1 Å². The Morgan fingerprint density at radius 1 is 1.00 bits per heavy atom. The maximum Gasteiger partial charge on any atom is 0.227 e. The molecular weight excluding hydrogens is 402 g/mol. The Kier molecular flexibility index (Phi) is 4.39. The summed E-state index contributed by atoms with van der Waals surface area (Å²) in [6.45, 7) is 0. The monoisotopic (exact) mass is 416 g/mol. The molecule has 8 heteroatoms. The smallest absolute Gasteiger partial charge is 0.227 e. The Balaban J connectivity index is 1.64. The number of hydrogen-bond acceptors (Lipinski definition) is 5. The third kappa shape index (κ3) is 3.28. The highest BCUT2D eigenvalue weighted by Gasteiger charge is 2.17. The molecule has 0 bridgehead atoms. The third-order valence-electron chi connectivity index (χ3n) is 4.96. The van der Waals surface area contributed by atoms with Crippen molar-refractivity contribution >= 4 is 17.4 Å². The fourth-order valence-corrected chi connectivity index (χ4v) is 3.50. The molecule has 31 heavy (non-hydrogen) atoms. The van der Waals surface area contributed by atoms with Crippen LogP contribution < -0.4 is 0 Å². The highest BCUT2D eigenvalue weighted by molar-refractivity contribution is 5.86. The number of aryl methyl sites for hydroxylation is 1. The fraction of sp³-hybridized carbons (Fsp3) is 0.0435. The van der Waals surface area contributed by atoms with E-state index < -0.39 is 11.6 Å². The minimum Gasteiger partial charge on any atom is -0.433 e. The van der Waals surface area contributed by atoms with E-state index in [2.05, 4.69) is 15.2 Å². The Morgan fingerprint density at radius 3 is 2.61 bits per heavy atom. The SMILES string of the molecule is Cn1cnnc1-c1cc(F)ccc1-c1cccc(-c2nc3cc(C=O)cc(F)c3o2)c1. The Hall–Kier alpha value is -4.20. The third-order valence-corrected chi connectivity index (χ3v) is 4.96. The number of carbonyl (C=O) groups is 1. The molecule has 2 aromatic heterocycles. The van der Waals surface area contributed by atoms with Crippen LogP contribution in [-0.4, -0.2) is 26.0 Å². The zero-order valence-corrected chi connectivity index (χ0v) is 16.2. The van der Waals surface area contributed by atoms with Crippen LogP contribution in [0, 0.1) is 11.6 Å². The van der Waals surface area contributed by atoms with E-state index in [1.165, 1.54) is 18.2 Å². The van der Waals surface area contributed by atoms with E-state index in [0.717, 1.165) is 17.2 Å². The molecule has 6 nitrogen and oxygen atoms in total. The molecule has 5 rings (SSSR count). The predicted molar refractivity (Wildman–Crippen MR) is 110 cm³/mol. The van der Waals surface area contributed by atoms with E-state index in [9.17, 15) is 13.6 Å². The molecule has 0 unspecified atom stereocenters. The number of benzene rings is 3. The van der Waals surface area contributed by atoms with Gasteiger partial charge in [0.15, 0.2) is 17.2 Å². The van der Waals surface area contributed by atoms with E-state index in [1.54, 1.807) is 36.1 Å². The van der Waals surface area contributed by atoms with E-state index >= 15 is 0 Å². The first-order valence-electron chi connectivity index (χ1n) is 9.33. The molecule has 0 radical (unpaired) electrons. The lowest BCUT2D eigenvalue weighted by atomic mass is 9.97. The lowest BCUT2D eigenvalue weighted by Crippen LogP contribution is -1.95. The maximum atomic E-state index is 14.2. The summed E-state index contributed by atoms with van der Waals surface area (Å²) in [6, 6.07) is 14.3. The number of carbonyl (C=O) groups excluding carboxylic acids is 1. The van der Waals surface area contributed by atoms with Crippen LogP contribution in [0.2, 0.25) is 0 Å². The van der Waals surface area contributed by atoms with Gasteiger partial charge >= 0.3 is 0 Å². The molecule has 0 aliphatic carbocycles. The largest absolute Gasteiger partial charge is 0.433 e. The van der Waals surface area contributed by atoms with Gasteiger partial charge in [-0.25, -0.2) is 13.8 Å². The molecule has 0 fully saturated rings. The van der Waals surface area contributed by atoms with Crippen molar-refractivity contribution in [3.8, 4) is 34.0 Å². The van der Waals surface area contributed by atoms with Gasteiger partial charge in [-0.15, -0.1) is 10.2 Å².